The first-order valence-corrected chi connectivity index (χ1v) is 11.3. The Bertz CT molecular complexity index is 1200. The molecule has 6 nitrogen and oxygen atoms in total. The van der Waals surface area contributed by atoms with Gasteiger partial charge >= 0.3 is 0 Å². The van der Waals surface area contributed by atoms with Gasteiger partial charge in [0.1, 0.15) is 12.3 Å². The summed E-state index contributed by atoms with van der Waals surface area (Å²) >= 11 is 6.12. The molecule has 0 saturated heterocycles. The van der Waals surface area contributed by atoms with Crippen molar-refractivity contribution in [3.05, 3.63) is 82.9 Å². The van der Waals surface area contributed by atoms with Crippen molar-refractivity contribution in [2.45, 2.75) is 18.7 Å². The van der Waals surface area contributed by atoms with Crippen LogP contribution in [0.1, 0.15) is 11.1 Å². The van der Waals surface area contributed by atoms with Gasteiger partial charge in [-0.3, -0.25) is 9.10 Å². The SMILES string of the molecule is COc1ccc(NC(=O)CN(c2cc(C)ccc2C)S(=O)(=O)c2ccccc2)cc1Cl. The molecule has 1 N–H and O–H groups in total. The molecular formula is C23H23ClN2O4S. The lowest BCUT2D eigenvalue weighted by molar-refractivity contribution is -0.114. The number of nitrogens with one attached hydrogen (secondary N) is 1. The van der Waals surface area contributed by atoms with E-state index in [4.69, 9.17) is 16.3 Å². The lowest BCUT2D eigenvalue weighted by atomic mass is 10.1. The van der Waals surface area contributed by atoms with Crippen LogP contribution in [0.25, 0.3) is 0 Å². The number of sulfonamides is 1. The summed E-state index contributed by atoms with van der Waals surface area (Å²) in [5.74, 6) is -0.0232. The Labute approximate surface area is 187 Å². The van der Waals surface area contributed by atoms with Gasteiger partial charge in [0.2, 0.25) is 5.91 Å². The minimum atomic E-state index is -3.97. The molecule has 0 saturated carbocycles. The van der Waals surface area contributed by atoms with Crippen molar-refractivity contribution in [2.75, 3.05) is 23.3 Å². The second kappa shape index (κ2) is 9.41. The number of anilines is 2. The zero-order valence-corrected chi connectivity index (χ0v) is 19.0. The first kappa shape index (κ1) is 22.7. The summed E-state index contributed by atoms with van der Waals surface area (Å²) in [4.78, 5) is 13.0. The van der Waals surface area contributed by atoms with Crippen molar-refractivity contribution >= 4 is 38.9 Å². The molecule has 8 heteroatoms. The van der Waals surface area contributed by atoms with E-state index in [9.17, 15) is 13.2 Å². The Kier molecular flexibility index (Phi) is 6.87. The minimum Gasteiger partial charge on any atom is -0.495 e. The Morgan fingerprint density at radius 3 is 2.39 bits per heavy atom. The van der Waals surface area contributed by atoms with Crippen molar-refractivity contribution in [1.82, 2.24) is 0 Å². The Hall–Kier alpha value is -3.03. The van der Waals surface area contributed by atoms with Gasteiger partial charge in [-0.05, 0) is 61.4 Å². The summed E-state index contributed by atoms with van der Waals surface area (Å²) in [6, 6.07) is 18.3. The molecular weight excluding hydrogens is 436 g/mol. The standard InChI is InChI=1S/C23H23ClN2O4S/c1-16-9-10-17(2)21(13-16)26(31(28,29)19-7-5-4-6-8-19)15-23(27)25-18-11-12-22(30-3)20(24)14-18/h4-14H,15H2,1-3H3,(H,25,27). The van der Waals surface area contributed by atoms with Gasteiger partial charge in [-0.25, -0.2) is 8.42 Å². The lowest BCUT2D eigenvalue weighted by Crippen LogP contribution is -2.38. The van der Waals surface area contributed by atoms with Crippen molar-refractivity contribution in [2.24, 2.45) is 0 Å². The average molecular weight is 459 g/mol. The Balaban J connectivity index is 1.96. The summed E-state index contributed by atoms with van der Waals surface area (Å²) in [5, 5.41) is 3.04. The van der Waals surface area contributed by atoms with Gasteiger partial charge in [0.15, 0.2) is 0 Å². The molecule has 1 amide bonds. The molecule has 162 valence electrons. The van der Waals surface area contributed by atoms with E-state index in [1.54, 1.807) is 42.5 Å². The summed E-state index contributed by atoms with van der Waals surface area (Å²) in [7, 11) is -2.48. The third-order valence-corrected chi connectivity index (χ3v) is 6.76. The van der Waals surface area contributed by atoms with Crippen LogP contribution in [-0.4, -0.2) is 28.0 Å². The van der Waals surface area contributed by atoms with E-state index in [0.717, 1.165) is 15.4 Å². The van der Waals surface area contributed by atoms with Crippen LogP contribution in [-0.2, 0) is 14.8 Å². The van der Waals surface area contributed by atoms with Crippen LogP contribution >= 0.6 is 11.6 Å². The fourth-order valence-corrected chi connectivity index (χ4v) is 4.84. The molecule has 3 rings (SSSR count). The van der Waals surface area contributed by atoms with E-state index in [0.29, 0.717) is 22.1 Å². The highest BCUT2D eigenvalue weighted by Gasteiger charge is 2.28. The van der Waals surface area contributed by atoms with Gasteiger partial charge in [0.25, 0.3) is 10.0 Å². The normalized spacial score (nSPS) is 11.1. The molecule has 3 aromatic rings. The van der Waals surface area contributed by atoms with E-state index in [1.807, 2.05) is 26.0 Å². The van der Waals surface area contributed by atoms with Crippen LogP contribution in [0.3, 0.4) is 0 Å². The monoisotopic (exact) mass is 458 g/mol. The van der Waals surface area contributed by atoms with Crippen molar-refractivity contribution in [1.29, 1.82) is 0 Å². The summed E-state index contributed by atoms with van der Waals surface area (Å²) in [6.45, 7) is 3.28. The number of hydrogen-bond acceptors (Lipinski definition) is 4. The molecule has 0 fully saturated rings. The van der Waals surface area contributed by atoms with E-state index < -0.39 is 22.5 Å². The fourth-order valence-electron chi connectivity index (χ4n) is 3.08. The molecule has 0 radical (unpaired) electrons. The number of carbonyl (C=O) groups is 1. The average Bonchev–Trinajstić information content (AvgIpc) is 2.74. The van der Waals surface area contributed by atoms with E-state index in [1.165, 1.54) is 19.2 Å². The number of benzene rings is 3. The molecule has 0 aliphatic carbocycles. The predicted octanol–water partition coefficient (Wildman–Crippen LogP) is 4.80. The number of amides is 1. The first-order chi connectivity index (χ1) is 14.7. The van der Waals surface area contributed by atoms with Crippen LogP contribution < -0.4 is 14.4 Å². The molecule has 0 atom stereocenters. The zero-order valence-electron chi connectivity index (χ0n) is 17.4. The highest BCUT2D eigenvalue weighted by atomic mass is 35.5. The van der Waals surface area contributed by atoms with Crippen LogP contribution in [0.5, 0.6) is 5.75 Å². The van der Waals surface area contributed by atoms with Crippen molar-refractivity contribution in [3.63, 3.8) is 0 Å². The Morgan fingerprint density at radius 1 is 1.03 bits per heavy atom. The molecule has 0 aliphatic rings. The first-order valence-electron chi connectivity index (χ1n) is 9.51. The number of carbonyl (C=O) groups excluding carboxylic acids is 1. The van der Waals surface area contributed by atoms with Gasteiger partial charge in [-0.1, -0.05) is 41.9 Å². The van der Waals surface area contributed by atoms with Crippen molar-refractivity contribution < 1.29 is 17.9 Å². The summed E-state index contributed by atoms with van der Waals surface area (Å²) < 4.78 is 33.1. The van der Waals surface area contributed by atoms with E-state index >= 15 is 0 Å². The van der Waals surface area contributed by atoms with Gasteiger partial charge in [-0.15, -0.1) is 0 Å². The lowest BCUT2D eigenvalue weighted by Gasteiger charge is -2.26. The largest absolute Gasteiger partial charge is 0.495 e. The fraction of sp³-hybridized carbons (Fsp3) is 0.174. The number of aryl methyl sites for hydroxylation is 2. The van der Waals surface area contributed by atoms with E-state index in [2.05, 4.69) is 5.32 Å². The highest BCUT2D eigenvalue weighted by molar-refractivity contribution is 7.92. The van der Waals surface area contributed by atoms with Crippen LogP contribution in [0.15, 0.2) is 71.6 Å². The van der Waals surface area contributed by atoms with Gasteiger partial charge < -0.3 is 10.1 Å². The molecule has 0 bridgehead atoms. The minimum absolute atomic E-state index is 0.108. The number of hydrogen-bond donors (Lipinski definition) is 1. The highest BCUT2D eigenvalue weighted by Crippen LogP contribution is 2.29. The summed E-state index contributed by atoms with van der Waals surface area (Å²) in [6.07, 6.45) is 0. The number of ether oxygens (including phenoxy) is 1. The zero-order chi connectivity index (χ0) is 22.6. The van der Waals surface area contributed by atoms with Gasteiger partial charge in [0.05, 0.1) is 22.7 Å². The summed E-state index contributed by atoms with van der Waals surface area (Å²) in [5.41, 5.74) is 2.52. The second-order valence-electron chi connectivity index (χ2n) is 7.01. The third kappa shape index (κ3) is 5.18. The van der Waals surface area contributed by atoms with Gasteiger partial charge in [0, 0.05) is 5.69 Å². The molecule has 31 heavy (non-hydrogen) atoms. The molecule has 0 heterocycles. The molecule has 0 aromatic heterocycles. The Morgan fingerprint density at radius 2 is 1.74 bits per heavy atom. The van der Waals surface area contributed by atoms with E-state index in [-0.39, 0.29) is 4.90 Å². The van der Waals surface area contributed by atoms with Gasteiger partial charge in [-0.2, -0.15) is 0 Å². The number of halogens is 1. The van der Waals surface area contributed by atoms with Crippen molar-refractivity contribution in [3.8, 4) is 5.75 Å². The maximum Gasteiger partial charge on any atom is 0.264 e. The number of methoxy groups -OCH3 is 1. The quantitative estimate of drug-likeness (QED) is 0.551. The molecule has 0 unspecified atom stereocenters. The molecule has 0 spiro atoms. The maximum atomic E-state index is 13.4. The van der Waals surface area contributed by atoms with Crippen LogP contribution in [0.4, 0.5) is 11.4 Å². The molecule has 3 aromatic carbocycles. The second-order valence-corrected chi connectivity index (χ2v) is 9.28. The third-order valence-electron chi connectivity index (χ3n) is 4.69. The number of rotatable bonds is 7. The topological polar surface area (TPSA) is 75.7 Å². The van der Waals surface area contributed by atoms with Crippen LogP contribution in [0, 0.1) is 13.8 Å². The predicted molar refractivity (Wildman–Crippen MR) is 124 cm³/mol. The maximum absolute atomic E-state index is 13.4. The number of nitrogens with zero attached hydrogens (tertiary/aromatic N) is 1. The van der Waals surface area contributed by atoms with Crippen LogP contribution in [0.2, 0.25) is 5.02 Å². The smallest absolute Gasteiger partial charge is 0.264 e. The molecule has 0 aliphatic heterocycles.